The van der Waals surface area contributed by atoms with Crippen molar-refractivity contribution < 1.29 is 14.3 Å². The van der Waals surface area contributed by atoms with E-state index in [1.807, 2.05) is 54.6 Å². The fourth-order valence-corrected chi connectivity index (χ4v) is 3.31. The number of benzene rings is 2. The molecule has 0 atom stereocenters. The minimum absolute atomic E-state index is 0.0436. The van der Waals surface area contributed by atoms with Crippen molar-refractivity contribution in [2.75, 3.05) is 6.61 Å². The number of hydrogen-bond acceptors (Lipinski definition) is 3. The van der Waals surface area contributed by atoms with Crippen LogP contribution in [-0.4, -0.2) is 18.3 Å². The average molecular weight is 396 g/mol. The summed E-state index contributed by atoms with van der Waals surface area (Å²) in [5.74, 6) is -0.151. The Morgan fingerprint density at radius 2 is 1.34 bits per heavy atom. The monoisotopic (exact) mass is 395 g/mol. The van der Waals surface area contributed by atoms with E-state index in [1.54, 1.807) is 0 Å². The van der Waals surface area contributed by atoms with Gasteiger partial charge in [0.1, 0.15) is 0 Å². The highest BCUT2D eigenvalue weighted by atomic mass is 16.5. The van der Waals surface area contributed by atoms with Crippen molar-refractivity contribution in [3.8, 4) is 0 Å². The van der Waals surface area contributed by atoms with E-state index in [0.29, 0.717) is 24.2 Å². The number of carbonyl (C=O) groups is 2. The van der Waals surface area contributed by atoms with Crippen LogP contribution in [0.3, 0.4) is 0 Å². The summed E-state index contributed by atoms with van der Waals surface area (Å²) in [6.45, 7) is 1.28. The topological polar surface area (TPSA) is 69.4 Å². The molecule has 0 aromatic heterocycles. The van der Waals surface area contributed by atoms with Crippen molar-refractivity contribution >= 4 is 11.7 Å². The minimum Gasteiger partial charge on any atom is -0.377 e. The Morgan fingerprint density at radius 1 is 0.724 bits per heavy atom. The van der Waals surface area contributed by atoms with E-state index in [9.17, 15) is 9.59 Å². The Labute approximate surface area is 174 Å². The summed E-state index contributed by atoms with van der Waals surface area (Å²) in [6.07, 6.45) is 9.63. The first kappa shape index (κ1) is 22.8. The lowest BCUT2D eigenvalue weighted by atomic mass is 10.0. The molecular weight excluding hydrogens is 362 g/mol. The van der Waals surface area contributed by atoms with Gasteiger partial charge >= 0.3 is 0 Å². The first-order valence-corrected chi connectivity index (χ1v) is 10.7. The highest BCUT2D eigenvalue weighted by Gasteiger charge is 2.08. The van der Waals surface area contributed by atoms with Gasteiger partial charge in [-0.3, -0.25) is 9.59 Å². The Hall–Kier alpha value is -2.46. The number of hydrogen-bond donors (Lipinski definition) is 1. The standard InChI is InChI=1S/C25H33NO3/c26-24(27)17-10-5-3-1-2-4-6-11-18-29-20-21-13-12-16-23(19-21)25(28)22-14-8-7-9-15-22/h7-9,12-16,19H,1-6,10-11,17-18,20H2,(H2,26,27). The van der Waals surface area contributed by atoms with Gasteiger partial charge in [-0.2, -0.15) is 0 Å². The van der Waals surface area contributed by atoms with Crippen molar-refractivity contribution in [2.24, 2.45) is 5.73 Å². The zero-order valence-electron chi connectivity index (χ0n) is 17.3. The van der Waals surface area contributed by atoms with Crippen LogP contribution in [0, 0.1) is 0 Å². The van der Waals surface area contributed by atoms with Crippen LogP contribution in [0.5, 0.6) is 0 Å². The molecule has 4 heteroatoms. The summed E-state index contributed by atoms with van der Waals surface area (Å²) in [5, 5.41) is 0. The summed E-state index contributed by atoms with van der Waals surface area (Å²) in [4.78, 5) is 23.2. The van der Waals surface area contributed by atoms with Gasteiger partial charge in [-0.1, -0.05) is 87.1 Å². The largest absolute Gasteiger partial charge is 0.377 e. The van der Waals surface area contributed by atoms with Gasteiger partial charge in [-0.05, 0) is 24.5 Å². The molecule has 2 aromatic carbocycles. The van der Waals surface area contributed by atoms with Crippen LogP contribution < -0.4 is 5.73 Å². The number of rotatable bonds is 15. The van der Waals surface area contributed by atoms with E-state index >= 15 is 0 Å². The Bertz CT molecular complexity index is 743. The second-order valence-corrected chi connectivity index (χ2v) is 7.49. The summed E-state index contributed by atoms with van der Waals surface area (Å²) in [6, 6.07) is 17.0. The lowest BCUT2D eigenvalue weighted by molar-refractivity contribution is -0.118. The predicted octanol–water partition coefficient (Wildman–Crippen LogP) is 5.43. The Balaban J connectivity index is 1.55. The van der Waals surface area contributed by atoms with Crippen LogP contribution in [0.15, 0.2) is 54.6 Å². The maximum Gasteiger partial charge on any atom is 0.217 e. The number of ketones is 1. The van der Waals surface area contributed by atoms with Gasteiger partial charge in [-0.15, -0.1) is 0 Å². The minimum atomic E-state index is -0.195. The van der Waals surface area contributed by atoms with E-state index in [2.05, 4.69) is 0 Å². The molecule has 0 heterocycles. The molecule has 29 heavy (non-hydrogen) atoms. The first-order chi connectivity index (χ1) is 14.2. The molecule has 0 unspecified atom stereocenters. The molecule has 0 aliphatic carbocycles. The van der Waals surface area contributed by atoms with Crippen molar-refractivity contribution in [3.63, 3.8) is 0 Å². The number of ether oxygens (including phenoxy) is 1. The average Bonchev–Trinajstić information content (AvgIpc) is 2.74. The molecule has 2 N–H and O–H groups in total. The fraction of sp³-hybridized carbons (Fsp3) is 0.440. The van der Waals surface area contributed by atoms with Crippen LogP contribution in [0.25, 0.3) is 0 Å². The number of carbonyl (C=O) groups excluding carboxylic acids is 2. The number of unbranched alkanes of at least 4 members (excludes halogenated alkanes) is 7. The van der Waals surface area contributed by atoms with E-state index in [-0.39, 0.29) is 11.7 Å². The normalized spacial score (nSPS) is 10.8. The maximum absolute atomic E-state index is 12.5. The van der Waals surface area contributed by atoms with Gasteiger partial charge in [0.2, 0.25) is 5.91 Å². The zero-order chi connectivity index (χ0) is 20.7. The predicted molar refractivity (Wildman–Crippen MR) is 117 cm³/mol. The molecule has 156 valence electrons. The van der Waals surface area contributed by atoms with Gasteiger partial charge in [0.15, 0.2) is 5.78 Å². The maximum atomic E-state index is 12.5. The summed E-state index contributed by atoms with van der Waals surface area (Å²) in [5.41, 5.74) is 7.57. The first-order valence-electron chi connectivity index (χ1n) is 10.7. The highest BCUT2D eigenvalue weighted by molar-refractivity contribution is 6.09. The molecule has 2 rings (SSSR count). The molecular formula is C25H33NO3. The van der Waals surface area contributed by atoms with Crippen LogP contribution >= 0.6 is 0 Å². The fourth-order valence-electron chi connectivity index (χ4n) is 3.31. The zero-order valence-corrected chi connectivity index (χ0v) is 17.3. The molecule has 0 saturated heterocycles. The van der Waals surface area contributed by atoms with E-state index in [1.165, 1.54) is 32.1 Å². The quantitative estimate of drug-likeness (QED) is 0.323. The van der Waals surface area contributed by atoms with Gasteiger partial charge in [-0.25, -0.2) is 0 Å². The molecule has 0 fully saturated rings. The van der Waals surface area contributed by atoms with E-state index in [4.69, 9.17) is 10.5 Å². The second kappa shape index (κ2) is 13.7. The third kappa shape index (κ3) is 9.53. The SMILES string of the molecule is NC(=O)CCCCCCCCCCOCc1cccc(C(=O)c2ccccc2)c1. The number of primary amides is 1. The van der Waals surface area contributed by atoms with Gasteiger partial charge in [0.05, 0.1) is 6.61 Å². The van der Waals surface area contributed by atoms with Crippen molar-refractivity contribution in [1.29, 1.82) is 0 Å². The summed E-state index contributed by atoms with van der Waals surface area (Å²) >= 11 is 0. The third-order valence-electron chi connectivity index (χ3n) is 4.96. The van der Waals surface area contributed by atoms with Crippen molar-refractivity contribution in [1.82, 2.24) is 0 Å². The lowest BCUT2D eigenvalue weighted by Crippen LogP contribution is -2.09. The molecule has 0 aliphatic heterocycles. The van der Waals surface area contributed by atoms with Gasteiger partial charge < -0.3 is 10.5 Å². The van der Waals surface area contributed by atoms with Crippen LogP contribution in [0.1, 0.15) is 79.3 Å². The Kier molecular flexibility index (Phi) is 10.8. The van der Waals surface area contributed by atoms with Gasteiger partial charge in [0.25, 0.3) is 0 Å². The van der Waals surface area contributed by atoms with Crippen LogP contribution in [-0.2, 0) is 16.1 Å². The Morgan fingerprint density at radius 3 is 2.03 bits per heavy atom. The molecule has 0 radical (unpaired) electrons. The van der Waals surface area contributed by atoms with Crippen LogP contribution in [0.4, 0.5) is 0 Å². The lowest BCUT2D eigenvalue weighted by Gasteiger charge is -2.07. The van der Waals surface area contributed by atoms with E-state index in [0.717, 1.165) is 31.4 Å². The second-order valence-electron chi connectivity index (χ2n) is 7.49. The number of amides is 1. The third-order valence-corrected chi connectivity index (χ3v) is 4.96. The number of nitrogens with two attached hydrogens (primary N) is 1. The van der Waals surface area contributed by atoms with Gasteiger partial charge in [0, 0.05) is 24.2 Å². The summed E-state index contributed by atoms with van der Waals surface area (Å²) in [7, 11) is 0. The molecule has 1 amide bonds. The molecule has 0 bridgehead atoms. The molecule has 0 aliphatic rings. The van der Waals surface area contributed by atoms with Crippen molar-refractivity contribution in [2.45, 2.75) is 64.4 Å². The molecule has 2 aromatic rings. The molecule has 4 nitrogen and oxygen atoms in total. The van der Waals surface area contributed by atoms with Crippen molar-refractivity contribution in [3.05, 3.63) is 71.3 Å². The molecule has 0 spiro atoms. The smallest absolute Gasteiger partial charge is 0.217 e. The summed E-state index contributed by atoms with van der Waals surface area (Å²) < 4.78 is 5.79. The van der Waals surface area contributed by atoms with E-state index < -0.39 is 0 Å². The highest BCUT2D eigenvalue weighted by Crippen LogP contribution is 2.13. The molecule has 0 saturated carbocycles. The van der Waals surface area contributed by atoms with Crippen LogP contribution in [0.2, 0.25) is 0 Å².